The first-order valence-corrected chi connectivity index (χ1v) is 6.92. The van der Waals surface area contributed by atoms with Gasteiger partial charge in [0, 0.05) is 23.5 Å². The number of hydrogen-bond donors (Lipinski definition) is 2. The van der Waals surface area contributed by atoms with Gasteiger partial charge in [0.15, 0.2) is 0 Å². The summed E-state index contributed by atoms with van der Waals surface area (Å²) in [6.45, 7) is 0.0560. The highest BCUT2D eigenvalue weighted by Crippen LogP contribution is 2.19. The lowest BCUT2D eigenvalue weighted by atomic mass is 10.2. The SMILES string of the molecule is O=C(O)C1CC(O)CN1C(=O)/C=C/c1ccc(Br)cc1. The van der Waals surface area contributed by atoms with Crippen molar-refractivity contribution < 1.29 is 19.8 Å². The predicted molar refractivity (Wildman–Crippen MR) is 76.9 cm³/mol. The minimum absolute atomic E-state index is 0.0560. The molecule has 0 saturated carbocycles. The number of aliphatic hydroxyl groups excluding tert-OH is 1. The number of halogens is 1. The molecule has 0 spiro atoms. The average Bonchev–Trinajstić information content (AvgIpc) is 2.80. The van der Waals surface area contributed by atoms with Crippen LogP contribution in [0.25, 0.3) is 6.08 Å². The number of carbonyl (C=O) groups excluding carboxylic acids is 1. The van der Waals surface area contributed by atoms with Crippen molar-refractivity contribution in [3.63, 3.8) is 0 Å². The normalized spacial score (nSPS) is 22.4. The van der Waals surface area contributed by atoms with Crippen molar-refractivity contribution in [3.05, 3.63) is 40.4 Å². The number of rotatable bonds is 3. The number of β-amino-alcohol motifs (C(OH)–C–C–N with tert-alkyl or cyclic N) is 1. The van der Waals surface area contributed by atoms with Crippen molar-refractivity contribution in [2.75, 3.05) is 6.54 Å². The number of carboxylic acid groups (broad SMARTS) is 1. The van der Waals surface area contributed by atoms with Gasteiger partial charge in [-0.1, -0.05) is 28.1 Å². The highest BCUT2D eigenvalue weighted by molar-refractivity contribution is 9.10. The molecule has 2 atom stereocenters. The molecule has 0 aliphatic carbocycles. The molecule has 1 aliphatic rings. The molecule has 1 aromatic rings. The molecular formula is C14H14BrNO4. The molecule has 0 bridgehead atoms. The molecule has 2 rings (SSSR count). The van der Waals surface area contributed by atoms with Crippen LogP contribution in [0.1, 0.15) is 12.0 Å². The number of aliphatic hydroxyl groups is 1. The Morgan fingerprint density at radius 1 is 1.30 bits per heavy atom. The van der Waals surface area contributed by atoms with Crippen molar-refractivity contribution in [3.8, 4) is 0 Å². The fraction of sp³-hybridized carbons (Fsp3) is 0.286. The van der Waals surface area contributed by atoms with Gasteiger partial charge in [0.2, 0.25) is 5.91 Å². The van der Waals surface area contributed by atoms with Crippen LogP contribution in [-0.2, 0) is 9.59 Å². The number of carbonyl (C=O) groups is 2. The second-order valence-electron chi connectivity index (χ2n) is 4.62. The van der Waals surface area contributed by atoms with Gasteiger partial charge in [0.05, 0.1) is 6.10 Å². The molecule has 5 nitrogen and oxygen atoms in total. The van der Waals surface area contributed by atoms with E-state index in [9.17, 15) is 14.7 Å². The van der Waals surface area contributed by atoms with Gasteiger partial charge in [-0.05, 0) is 23.8 Å². The van der Waals surface area contributed by atoms with Crippen LogP contribution in [0.2, 0.25) is 0 Å². The fourth-order valence-electron chi connectivity index (χ4n) is 2.13. The number of hydrogen-bond acceptors (Lipinski definition) is 3. The van der Waals surface area contributed by atoms with E-state index in [1.807, 2.05) is 24.3 Å². The van der Waals surface area contributed by atoms with Crippen molar-refractivity contribution in [2.45, 2.75) is 18.6 Å². The van der Waals surface area contributed by atoms with Crippen molar-refractivity contribution in [1.29, 1.82) is 0 Å². The van der Waals surface area contributed by atoms with E-state index in [4.69, 9.17) is 5.11 Å². The molecule has 0 aromatic heterocycles. The van der Waals surface area contributed by atoms with Crippen LogP contribution in [0, 0.1) is 0 Å². The van der Waals surface area contributed by atoms with E-state index < -0.39 is 24.0 Å². The maximum absolute atomic E-state index is 12.0. The quantitative estimate of drug-likeness (QED) is 0.818. The number of carboxylic acids is 1. The summed E-state index contributed by atoms with van der Waals surface area (Å²) in [6.07, 6.45) is 2.25. The van der Waals surface area contributed by atoms with Crippen LogP contribution in [0.5, 0.6) is 0 Å². The molecule has 2 unspecified atom stereocenters. The zero-order valence-corrected chi connectivity index (χ0v) is 12.2. The minimum atomic E-state index is -1.09. The maximum Gasteiger partial charge on any atom is 0.326 e. The Morgan fingerprint density at radius 3 is 2.55 bits per heavy atom. The van der Waals surface area contributed by atoms with E-state index in [2.05, 4.69) is 15.9 Å². The second-order valence-corrected chi connectivity index (χ2v) is 5.53. The lowest BCUT2D eigenvalue weighted by molar-refractivity contribution is -0.146. The highest BCUT2D eigenvalue weighted by Gasteiger charge is 2.37. The van der Waals surface area contributed by atoms with Crippen molar-refractivity contribution in [2.24, 2.45) is 0 Å². The third kappa shape index (κ3) is 3.46. The summed E-state index contributed by atoms with van der Waals surface area (Å²) in [5.41, 5.74) is 0.841. The van der Waals surface area contributed by atoms with E-state index in [1.54, 1.807) is 6.08 Å². The number of amides is 1. The summed E-state index contributed by atoms with van der Waals surface area (Å²) in [6, 6.07) is 6.42. The van der Waals surface area contributed by atoms with Crippen LogP contribution < -0.4 is 0 Å². The Morgan fingerprint density at radius 2 is 1.95 bits per heavy atom. The zero-order chi connectivity index (χ0) is 14.7. The highest BCUT2D eigenvalue weighted by atomic mass is 79.9. The summed E-state index contributed by atoms with van der Waals surface area (Å²) in [7, 11) is 0. The summed E-state index contributed by atoms with van der Waals surface area (Å²) in [5, 5.41) is 18.5. The molecule has 20 heavy (non-hydrogen) atoms. The second kappa shape index (κ2) is 6.19. The zero-order valence-electron chi connectivity index (χ0n) is 10.6. The van der Waals surface area contributed by atoms with Gasteiger partial charge in [-0.2, -0.15) is 0 Å². The Hall–Kier alpha value is -1.66. The molecule has 106 valence electrons. The smallest absolute Gasteiger partial charge is 0.326 e. The first-order valence-electron chi connectivity index (χ1n) is 6.12. The van der Waals surface area contributed by atoms with Crippen molar-refractivity contribution in [1.82, 2.24) is 4.90 Å². The summed E-state index contributed by atoms with van der Waals surface area (Å²) in [4.78, 5) is 24.2. The van der Waals surface area contributed by atoms with E-state index in [0.29, 0.717) is 0 Å². The predicted octanol–water partition coefficient (Wildman–Crippen LogP) is 1.51. The van der Waals surface area contributed by atoms with E-state index in [0.717, 1.165) is 10.0 Å². The fourth-order valence-corrected chi connectivity index (χ4v) is 2.39. The molecule has 1 heterocycles. The van der Waals surface area contributed by atoms with E-state index >= 15 is 0 Å². The van der Waals surface area contributed by atoms with Gasteiger partial charge < -0.3 is 15.1 Å². The number of likely N-dealkylation sites (tertiary alicyclic amines) is 1. The van der Waals surface area contributed by atoms with Gasteiger partial charge in [0.1, 0.15) is 6.04 Å². The molecule has 1 aliphatic heterocycles. The Kier molecular flexibility index (Phi) is 4.57. The van der Waals surface area contributed by atoms with Crippen LogP contribution in [0.4, 0.5) is 0 Å². The maximum atomic E-state index is 12.0. The standard InChI is InChI=1S/C14H14BrNO4/c15-10-4-1-9(2-5-10)3-6-13(18)16-8-11(17)7-12(16)14(19)20/h1-6,11-12,17H,7-8H2,(H,19,20)/b6-3+. The lowest BCUT2D eigenvalue weighted by Gasteiger charge is -2.19. The summed E-state index contributed by atoms with van der Waals surface area (Å²) in [5.74, 6) is -1.50. The Balaban J connectivity index is 2.07. The first kappa shape index (κ1) is 14.7. The van der Waals surface area contributed by atoms with Crippen LogP contribution >= 0.6 is 15.9 Å². The molecule has 1 aromatic carbocycles. The molecule has 1 saturated heterocycles. The third-order valence-electron chi connectivity index (χ3n) is 3.14. The largest absolute Gasteiger partial charge is 0.480 e. The van der Waals surface area contributed by atoms with Crippen molar-refractivity contribution >= 4 is 33.9 Å². The monoisotopic (exact) mass is 339 g/mol. The molecular weight excluding hydrogens is 326 g/mol. The van der Waals surface area contributed by atoms with Crippen LogP contribution in [0.3, 0.4) is 0 Å². The van der Waals surface area contributed by atoms with Gasteiger partial charge in [-0.25, -0.2) is 4.79 Å². The Bertz CT molecular complexity index is 541. The molecule has 1 amide bonds. The van der Waals surface area contributed by atoms with Crippen LogP contribution in [0.15, 0.2) is 34.8 Å². The van der Waals surface area contributed by atoms with Gasteiger partial charge in [-0.3, -0.25) is 4.79 Å². The summed E-state index contributed by atoms with van der Waals surface area (Å²) >= 11 is 3.32. The molecule has 6 heteroatoms. The lowest BCUT2D eigenvalue weighted by Crippen LogP contribution is -2.39. The van der Waals surface area contributed by atoms with E-state index in [1.165, 1.54) is 11.0 Å². The van der Waals surface area contributed by atoms with E-state index in [-0.39, 0.29) is 13.0 Å². The molecule has 2 N–H and O–H groups in total. The molecule has 0 radical (unpaired) electrons. The third-order valence-corrected chi connectivity index (χ3v) is 3.66. The minimum Gasteiger partial charge on any atom is -0.480 e. The number of nitrogens with zero attached hydrogens (tertiary/aromatic N) is 1. The van der Waals surface area contributed by atoms with Gasteiger partial charge in [0.25, 0.3) is 0 Å². The average molecular weight is 340 g/mol. The van der Waals surface area contributed by atoms with Crippen LogP contribution in [-0.4, -0.2) is 45.7 Å². The molecule has 1 fully saturated rings. The number of benzene rings is 1. The first-order chi connectivity index (χ1) is 9.47. The van der Waals surface area contributed by atoms with Gasteiger partial charge in [-0.15, -0.1) is 0 Å². The van der Waals surface area contributed by atoms with Gasteiger partial charge >= 0.3 is 5.97 Å². The number of aliphatic carboxylic acids is 1. The summed E-state index contributed by atoms with van der Waals surface area (Å²) < 4.78 is 0.939. The Labute approximate surface area is 124 Å². The topological polar surface area (TPSA) is 77.8 Å².